The maximum atomic E-state index is 14.1. The number of rotatable bonds is 10. The fourth-order valence-corrected chi connectivity index (χ4v) is 4.92. The Morgan fingerprint density at radius 1 is 0.927 bits per heavy atom. The van der Waals surface area contributed by atoms with Gasteiger partial charge in [-0.25, -0.2) is 9.97 Å². The Morgan fingerprint density at radius 2 is 1.63 bits per heavy atom. The van der Waals surface area contributed by atoms with Gasteiger partial charge in [0.05, 0.1) is 11.3 Å². The third-order valence-electron chi connectivity index (χ3n) is 6.99. The first-order valence-electron chi connectivity index (χ1n) is 13.4. The number of nitrogens with zero attached hydrogens (tertiary/aromatic N) is 4. The Bertz CT molecular complexity index is 1610. The van der Waals surface area contributed by atoms with Crippen molar-refractivity contribution in [2.45, 2.75) is 27.2 Å². The lowest BCUT2D eigenvalue weighted by atomic mass is 9.98. The second-order valence-electron chi connectivity index (χ2n) is 9.63. The van der Waals surface area contributed by atoms with Crippen LogP contribution in [0.2, 0.25) is 0 Å². The van der Waals surface area contributed by atoms with Gasteiger partial charge in [0.25, 0.3) is 5.91 Å². The number of nitrogens with two attached hydrogens (primary N) is 2. The SMILES string of the molecule is CCc1cccc(C)c1C(=O)N(CCNc1ncnc(N)c1/C(=N\C)c1cccc(C(N)=O)c1)c1ccccc1C. The van der Waals surface area contributed by atoms with E-state index in [1.165, 1.54) is 6.33 Å². The van der Waals surface area contributed by atoms with Gasteiger partial charge in [-0.15, -0.1) is 0 Å². The highest BCUT2D eigenvalue weighted by molar-refractivity contribution is 6.18. The first kappa shape index (κ1) is 28.9. The molecule has 0 atom stereocenters. The highest BCUT2D eigenvalue weighted by Crippen LogP contribution is 2.26. The molecule has 0 unspecified atom stereocenters. The van der Waals surface area contributed by atoms with E-state index in [0.717, 1.165) is 34.4 Å². The van der Waals surface area contributed by atoms with Crippen molar-refractivity contribution < 1.29 is 9.59 Å². The number of para-hydroxylation sites is 1. The molecule has 0 aliphatic carbocycles. The summed E-state index contributed by atoms with van der Waals surface area (Å²) in [7, 11) is 1.63. The zero-order valence-electron chi connectivity index (χ0n) is 23.8. The van der Waals surface area contributed by atoms with Crippen LogP contribution in [0.1, 0.15) is 55.5 Å². The van der Waals surface area contributed by atoms with E-state index in [2.05, 4.69) is 27.2 Å². The summed E-state index contributed by atoms with van der Waals surface area (Å²) >= 11 is 0. The highest BCUT2D eigenvalue weighted by Gasteiger charge is 2.24. The fourth-order valence-electron chi connectivity index (χ4n) is 4.92. The standard InChI is InChI=1S/C32H35N7O2/c1-5-22-12-8-11-21(3)26(22)32(41)39(25-15-7-6-10-20(25)2)17-16-36-31-27(29(33)37-19-38-31)28(35-4)23-13-9-14-24(18-23)30(34)40/h6-15,18-19H,5,16-17H2,1-4H3,(H2,34,40)(H3,33,36,37,38)/b35-28-. The Balaban J connectivity index is 1.67. The predicted octanol–water partition coefficient (Wildman–Crippen LogP) is 4.56. The van der Waals surface area contributed by atoms with Gasteiger partial charge >= 0.3 is 0 Å². The van der Waals surface area contributed by atoms with Crippen molar-refractivity contribution in [3.05, 3.63) is 112 Å². The van der Waals surface area contributed by atoms with Crippen LogP contribution in [0.25, 0.3) is 0 Å². The van der Waals surface area contributed by atoms with E-state index in [9.17, 15) is 9.59 Å². The molecule has 3 aromatic carbocycles. The van der Waals surface area contributed by atoms with Crippen molar-refractivity contribution in [3.63, 3.8) is 0 Å². The molecule has 0 saturated carbocycles. The minimum atomic E-state index is -0.543. The number of benzene rings is 3. The number of aliphatic imine (C=N–C) groups is 1. The van der Waals surface area contributed by atoms with Crippen LogP contribution in [-0.4, -0.2) is 47.6 Å². The number of hydrogen-bond donors (Lipinski definition) is 3. The lowest BCUT2D eigenvalue weighted by Crippen LogP contribution is -2.37. The van der Waals surface area contributed by atoms with Crippen LogP contribution in [0.15, 0.2) is 78.0 Å². The smallest absolute Gasteiger partial charge is 0.258 e. The Labute approximate surface area is 240 Å². The molecule has 2 amide bonds. The van der Waals surface area contributed by atoms with Crippen molar-refractivity contribution in [3.8, 4) is 0 Å². The molecule has 9 nitrogen and oxygen atoms in total. The van der Waals surface area contributed by atoms with Crippen molar-refractivity contribution in [2.24, 2.45) is 10.7 Å². The van der Waals surface area contributed by atoms with Crippen molar-refractivity contribution in [1.29, 1.82) is 0 Å². The number of amides is 2. The van der Waals surface area contributed by atoms with Crippen LogP contribution in [0, 0.1) is 13.8 Å². The molecule has 0 aliphatic rings. The molecule has 210 valence electrons. The van der Waals surface area contributed by atoms with Gasteiger partial charge in [0.15, 0.2) is 0 Å². The maximum Gasteiger partial charge on any atom is 0.258 e. The van der Waals surface area contributed by atoms with E-state index < -0.39 is 5.91 Å². The Hall–Kier alpha value is -5.05. The number of carbonyl (C=O) groups excluding carboxylic acids is 2. The topological polar surface area (TPSA) is 140 Å². The van der Waals surface area contributed by atoms with E-state index in [0.29, 0.717) is 41.3 Å². The summed E-state index contributed by atoms with van der Waals surface area (Å²) in [6, 6.07) is 20.6. The molecule has 9 heteroatoms. The zero-order valence-corrected chi connectivity index (χ0v) is 23.8. The Morgan fingerprint density at radius 3 is 2.34 bits per heavy atom. The second kappa shape index (κ2) is 12.9. The summed E-state index contributed by atoms with van der Waals surface area (Å²) < 4.78 is 0. The summed E-state index contributed by atoms with van der Waals surface area (Å²) in [6.07, 6.45) is 2.13. The van der Waals surface area contributed by atoms with Crippen LogP contribution in [0.5, 0.6) is 0 Å². The van der Waals surface area contributed by atoms with E-state index in [1.807, 2.05) is 62.4 Å². The lowest BCUT2D eigenvalue weighted by molar-refractivity contribution is 0.0982. The molecular formula is C32H35N7O2. The predicted molar refractivity (Wildman–Crippen MR) is 165 cm³/mol. The number of anilines is 3. The average molecular weight is 550 g/mol. The maximum absolute atomic E-state index is 14.1. The van der Waals surface area contributed by atoms with Crippen molar-refractivity contribution >= 4 is 34.8 Å². The number of primary amides is 1. The summed E-state index contributed by atoms with van der Waals surface area (Å²) in [5.74, 6) is 0.0909. The molecule has 0 radical (unpaired) electrons. The van der Waals surface area contributed by atoms with Crippen LogP contribution < -0.4 is 21.7 Å². The summed E-state index contributed by atoms with van der Waals surface area (Å²) in [5.41, 5.74) is 18.3. The molecule has 0 fully saturated rings. The quantitative estimate of drug-likeness (QED) is 0.248. The third-order valence-corrected chi connectivity index (χ3v) is 6.99. The first-order valence-corrected chi connectivity index (χ1v) is 13.4. The van der Waals surface area contributed by atoms with Gasteiger partial charge in [0.2, 0.25) is 5.91 Å². The van der Waals surface area contributed by atoms with Gasteiger partial charge in [-0.3, -0.25) is 14.6 Å². The van der Waals surface area contributed by atoms with Gasteiger partial charge in [-0.1, -0.05) is 55.5 Å². The molecule has 0 saturated heterocycles. The van der Waals surface area contributed by atoms with Gasteiger partial charge in [-0.2, -0.15) is 0 Å². The van der Waals surface area contributed by atoms with E-state index in [1.54, 1.807) is 30.1 Å². The molecule has 4 aromatic rings. The molecule has 0 spiro atoms. The third kappa shape index (κ3) is 6.24. The largest absolute Gasteiger partial charge is 0.383 e. The van der Waals surface area contributed by atoms with Crippen molar-refractivity contribution in [2.75, 3.05) is 36.1 Å². The second-order valence-corrected chi connectivity index (χ2v) is 9.63. The normalized spacial score (nSPS) is 11.3. The highest BCUT2D eigenvalue weighted by atomic mass is 16.2. The fraction of sp³-hybridized carbons (Fsp3) is 0.219. The molecular weight excluding hydrogens is 514 g/mol. The molecule has 1 heterocycles. The molecule has 0 bridgehead atoms. The van der Waals surface area contributed by atoms with E-state index >= 15 is 0 Å². The average Bonchev–Trinajstić information content (AvgIpc) is 2.97. The molecule has 41 heavy (non-hydrogen) atoms. The van der Waals surface area contributed by atoms with Crippen LogP contribution in [0.4, 0.5) is 17.3 Å². The number of aromatic nitrogens is 2. The summed E-state index contributed by atoms with van der Waals surface area (Å²) in [6.45, 7) is 6.75. The minimum absolute atomic E-state index is 0.0578. The van der Waals surface area contributed by atoms with Crippen molar-refractivity contribution in [1.82, 2.24) is 9.97 Å². The van der Waals surface area contributed by atoms with Gasteiger partial charge in [-0.05, 0) is 55.2 Å². The summed E-state index contributed by atoms with van der Waals surface area (Å²) in [5, 5.41) is 3.35. The van der Waals surface area contributed by atoms with Crippen LogP contribution >= 0.6 is 0 Å². The summed E-state index contributed by atoms with van der Waals surface area (Å²) in [4.78, 5) is 40.8. The van der Waals surface area contributed by atoms with Gasteiger partial charge in [0, 0.05) is 42.5 Å². The lowest BCUT2D eigenvalue weighted by Gasteiger charge is -2.27. The number of carbonyl (C=O) groups is 2. The van der Waals surface area contributed by atoms with Gasteiger partial charge < -0.3 is 21.7 Å². The number of nitrogens with one attached hydrogen (secondary N) is 1. The van der Waals surface area contributed by atoms with E-state index in [4.69, 9.17) is 11.5 Å². The number of hydrogen-bond acceptors (Lipinski definition) is 7. The molecule has 1 aromatic heterocycles. The van der Waals surface area contributed by atoms with Gasteiger partial charge in [0.1, 0.15) is 18.0 Å². The Kier molecular flexibility index (Phi) is 9.08. The van der Waals surface area contributed by atoms with Crippen LogP contribution in [0.3, 0.4) is 0 Å². The molecule has 0 aliphatic heterocycles. The molecule has 4 rings (SSSR count). The monoisotopic (exact) mass is 549 g/mol. The van der Waals surface area contributed by atoms with E-state index in [-0.39, 0.29) is 11.7 Å². The zero-order chi connectivity index (χ0) is 29.5. The number of aryl methyl sites for hydroxylation is 3. The first-order chi connectivity index (χ1) is 19.8. The van der Waals surface area contributed by atoms with Crippen LogP contribution in [-0.2, 0) is 6.42 Å². The minimum Gasteiger partial charge on any atom is -0.383 e. The number of nitrogen functional groups attached to an aromatic ring is 1. The molecule has 5 N–H and O–H groups in total.